The van der Waals surface area contributed by atoms with Gasteiger partial charge in [-0.05, 0) is 0 Å². The molecule has 0 fully saturated rings. The Morgan fingerprint density at radius 3 is 2.00 bits per heavy atom. The number of hydrogen-bond donors (Lipinski definition) is 0. The SMILES string of the molecule is CC[I-]C(C)C(F)(F)F. The van der Waals surface area contributed by atoms with E-state index in [9.17, 15) is 13.2 Å². The van der Waals surface area contributed by atoms with E-state index in [0.717, 1.165) is 0 Å². The van der Waals surface area contributed by atoms with Gasteiger partial charge in [-0.3, -0.25) is 0 Å². The molecule has 1 unspecified atom stereocenters. The maximum atomic E-state index is 11.7. The molecule has 0 saturated heterocycles. The van der Waals surface area contributed by atoms with E-state index in [0.29, 0.717) is 4.43 Å². The second-order valence-electron chi connectivity index (χ2n) is 1.58. The van der Waals surface area contributed by atoms with E-state index in [1.165, 1.54) is 6.92 Å². The first-order chi connectivity index (χ1) is 3.98. The quantitative estimate of drug-likeness (QED) is 0.439. The molecule has 58 valence electrons. The first-order valence-corrected chi connectivity index (χ1v) is 5.40. The first kappa shape index (κ1) is 9.52. The molecule has 0 amide bonds. The maximum absolute atomic E-state index is 11.7. The van der Waals surface area contributed by atoms with Gasteiger partial charge < -0.3 is 0 Å². The molecular weight excluding hydrogens is 244 g/mol. The van der Waals surface area contributed by atoms with Crippen LogP contribution < -0.4 is 21.2 Å². The van der Waals surface area contributed by atoms with Crippen LogP contribution in [0.15, 0.2) is 0 Å². The standard InChI is InChI=1S/C5H9F3I/c1-3-9-4(2)5(6,7)8/h4H,3H2,1-2H3/q-1. The van der Waals surface area contributed by atoms with Crippen LogP contribution in [-0.2, 0) is 0 Å². The summed E-state index contributed by atoms with van der Waals surface area (Å²) in [6.45, 7) is 3.06. The molecule has 0 N–H and O–H groups in total. The Kier molecular flexibility index (Phi) is 3.84. The molecule has 0 heterocycles. The Morgan fingerprint density at radius 1 is 1.44 bits per heavy atom. The van der Waals surface area contributed by atoms with Crippen molar-refractivity contribution in [3.8, 4) is 0 Å². The summed E-state index contributed by atoms with van der Waals surface area (Å²) in [5, 5.41) is 0. The molecule has 0 aliphatic carbocycles. The van der Waals surface area contributed by atoms with Crippen molar-refractivity contribution < 1.29 is 34.4 Å². The zero-order valence-electron chi connectivity index (χ0n) is 5.30. The Bertz CT molecular complexity index is 78.8. The molecule has 4 heteroatoms. The molecule has 0 aliphatic heterocycles. The molecule has 0 spiro atoms. The van der Waals surface area contributed by atoms with E-state index < -0.39 is 31.3 Å². The van der Waals surface area contributed by atoms with Gasteiger partial charge in [0.25, 0.3) is 0 Å². The predicted octanol–water partition coefficient (Wildman–Crippen LogP) is -0.954. The molecule has 0 aromatic heterocycles. The number of halogens is 4. The molecule has 0 nitrogen and oxygen atoms in total. The van der Waals surface area contributed by atoms with Gasteiger partial charge in [0, 0.05) is 0 Å². The average Bonchev–Trinajstić information content (AvgIpc) is 1.64. The minimum absolute atomic E-state index is 0.650. The summed E-state index contributed by atoms with van der Waals surface area (Å²) in [5.74, 6) is 0. The van der Waals surface area contributed by atoms with Crippen molar-refractivity contribution >= 4 is 0 Å². The van der Waals surface area contributed by atoms with Gasteiger partial charge in [-0.25, -0.2) is 0 Å². The van der Waals surface area contributed by atoms with Gasteiger partial charge in [-0.2, -0.15) is 0 Å². The van der Waals surface area contributed by atoms with Crippen molar-refractivity contribution in [3.63, 3.8) is 0 Å². The summed E-state index contributed by atoms with van der Waals surface area (Å²) >= 11 is -0.650. The molecule has 0 bridgehead atoms. The summed E-state index contributed by atoms with van der Waals surface area (Å²) in [4.78, 5) is 0. The van der Waals surface area contributed by atoms with Crippen LogP contribution in [0.25, 0.3) is 0 Å². The zero-order valence-corrected chi connectivity index (χ0v) is 7.45. The van der Waals surface area contributed by atoms with Crippen molar-refractivity contribution in [2.24, 2.45) is 0 Å². The van der Waals surface area contributed by atoms with Crippen molar-refractivity contribution in [1.29, 1.82) is 0 Å². The number of alkyl halides is 5. The van der Waals surface area contributed by atoms with Crippen LogP contribution in [-0.4, -0.2) is 14.5 Å². The summed E-state index contributed by atoms with van der Waals surface area (Å²) in [6, 6.07) is 0. The second-order valence-corrected chi connectivity index (χ2v) is 5.85. The van der Waals surface area contributed by atoms with Crippen LogP contribution in [0.3, 0.4) is 0 Å². The molecular formula is C5H9F3I-. The van der Waals surface area contributed by atoms with Crippen LogP contribution in [0.4, 0.5) is 13.2 Å². The van der Waals surface area contributed by atoms with Crippen molar-refractivity contribution in [2.75, 3.05) is 4.43 Å². The zero-order chi connectivity index (χ0) is 7.49. The Hall–Kier alpha value is 0.520. The van der Waals surface area contributed by atoms with Crippen LogP contribution in [0.1, 0.15) is 13.8 Å². The van der Waals surface area contributed by atoms with E-state index in [1.807, 2.05) is 0 Å². The fourth-order valence-electron chi connectivity index (χ4n) is 0.319. The molecule has 0 aromatic carbocycles. The number of hydrogen-bond acceptors (Lipinski definition) is 0. The van der Waals surface area contributed by atoms with Gasteiger partial charge in [0.2, 0.25) is 0 Å². The molecule has 0 radical (unpaired) electrons. The molecule has 0 rings (SSSR count). The fourth-order valence-corrected chi connectivity index (χ4v) is 2.14. The van der Waals surface area contributed by atoms with E-state index in [4.69, 9.17) is 0 Å². The number of rotatable bonds is 2. The van der Waals surface area contributed by atoms with Crippen LogP contribution in [0.5, 0.6) is 0 Å². The summed E-state index contributed by atoms with van der Waals surface area (Å²) in [5.41, 5.74) is 0. The third-order valence-corrected chi connectivity index (χ3v) is 3.74. The van der Waals surface area contributed by atoms with Crippen molar-refractivity contribution in [3.05, 3.63) is 0 Å². The van der Waals surface area contributed by atoms with E-state index in [-0.39, 0.29) is 0 Å². The van der Waals surface area contributed by atoms with Crippen molar-refractivity contribution in [2.45, 2.75) is 23.9 Å². The van der Waals surface area contributed by atoms with E-state index in [1.54, 1.807) is 6.92 Å². The van der Waals surface area contributed by atoms with Gasteiger partial charge in [-0.1, -0.05) is 0 Å². The van der Waals surface area contributed by atoms with Crippen molar-refractivity contribution in [1.82, 2.24) is 0 Å². The Labute approximate surface area is 63.1 Å². The molecule has 0 saturated carbocycles. The van der Waals surface area contributed by atoms with Gasteiger partial charge >= 0.3 is 62.8 Å². The Morgan fingerprint density at radius 2 is 1.89 bits per heavy atom. The van der Waals surface area contributed by atoms with Gasteiger partial charge in [0.15, 0.2) is 0 Å². The van der Waals surface area contributed by atoms with Gasteiger partial charge in [0.05, 0.1) is 0 Å². The average molecular weight is 253 g/mol. The third kappa shape index (κ3) is 4.00. The molecule has 1 atom stereocenters. The summed E-state index contributed by atoms with van der Waals surface area (Å²) < 4.78 is 34.7. The molecule has 9 heavy (non-hydrogen) atoms. The third-order valence-electron chi connectivity index (χ3n) is 0.837. The molecule has 0 aromatic rings. The monoisotopic (exact) mass is 253 g/mol. The minimum atomic E-state index is -3.94. The molecule has 0 aliphatic rings. The normalized spacial score (nSPS) is 16.1. The summed E-state index contributed by atoms with van der Waals surface area (Å²) in [7, 11) is 0. The van der Waals surface area contributed by atoms with Gasteiger partial charge in [0.1, 0.15) is 0 Å². The second kappa shape index (κ2) is 3.63. The topological polar surface area (TPSA) is 0 Å². The van der Waals surface area contributed by atoms with Crippen LogP contribution in [0.2, 0.25) is 0 Å². The Balaban J connectivity index is 3.59. The summed E-state index contributed by atoms with van der Waals surface area (Å²) in [6.07, 6.45) is -3.94. The fraction of sp³-hybridized carbons (Fsp3) is 1.00. The van der Waals surface area contributed by atoms with Crippen LogP contribution in [0, 0.1) is 0 Å². The van der Waals surface area contributed by atoms with E-state index >= 15 is 0 Å². The van der Waals surface area contributed by atoms with E-state index in [2.05, 4.69) is 0 Å². The first-order valence-electron chi connectivity index (χ1n) is 2.63. The van der Waals surface area contributed by atoms with Gasteiger partial charge in [-0.15, -0.1) is 0 Å². The van der Waals surface area contributed by atoms with Crippen LogP contribution >= 0.6 is 0 Å². The predicted molar refractivity (Wildman–Crippen MR) is 26.1 cm³/mol.